The van der Waals surface area contributed by atoms with Gasteiger partial charge in [-0.15, -0.1) is 0 Å². The number of aryl methyl sites for hydroxylation is 1. The molecule has 0 fully saturated rings. The van der Waals surface area contributed by atoms with Gasteiger partial charge in [0.15, 0.2) is 5.82 Å². The van der Waals surface area contributed by atoms with E-state index in [1.54, 1.807) is 19.3 Å². The van der Waals surface area contributed by atoms with Crippen molar-refractivity contribution < 1.29 is 4.52 Å². The molecule has 2 aromatic rings. The topological polar surface area (TPSA) is 51.8 Å². The molecule has 0 spiro atoms. The van der Waals surface area contributed by atoms with Gasteiger partial charge in [-0.1, -0.05) is 19.0 Å². The van der Waals surface area contributed by atoms with Crippen molar-refractivity contribution in [2.45, 2.75) is 20.8 Å². The SMILES string of the molecule is CC.Cc1noc(-c2cccnc2)n1. The van der Waals surface area contributed by atoms with Crippen LogP contribution >= 0.6 is 0 Å². The second-order valence-electron chi connectivity index (χ2n) is 2.39. The molecule has 0 aromatic carbocycles. The van der Waals surface area contributed by atoms with Crippen LogP contribution in [0.3, 0.4) is 0 Å². The van der Waals surface area contributed by atoms with Crippen molar-refractivity contribution in [3.05, 3.63) is 30.4 Å². The summed E-state index contributed by atoms with van der Waals surface area (Å²) in [5.74, 6) is 1.15. The third-order valence-electron chi connectivity index (χ3n) is 1.44. The molecule has 0 unspecified atom stereocenters. The Hall–Kier alpha value is -1.71. The van der Waals surface area contributed by atoms with Gasteiger partial charge in [-0.3, -0.25) is 4.98 Å². The van der Waals surface area contributed by atoms with Crippen LogP contribution in [0.5, 0.6) is 0 Å². The summed E-state index contributed by atoms with van der Waals surface area (Å²) in [7, 11) is 0. The van der Waals surface area contributed by atoms with Gasteiger partial charge in [-0.25, -0.2) is 0 Å². The summed E-state index contributed by atoms with van der Waals surface area (Å²) in [5.41, 5.74) is 0.845. The average molecular weight is 191 g/mol. The lowest BCUT2D eigenvalue weighted by Gasteiger charge is -1.88. The van der Waals surface area contributed by atoms with Crippen molar-refractivity contribution in [2.24, 2.45) is 0 Å². The number of aromatic nitrogens is 3. The monoisotopic (exact) mass is 191 g/mol. The molecule has 0 aliphatic rings. The Labute approximate surface area is 83.0 Å². The highest BCUT2D eigenvalue weighted by Gasteiger charge is 2.04. The van der Waals surface area contributed by atoms with Gasteiger partial charge in [-0.2, -0.15) is 4.98 Å². The second kappa shape index (κ2) is 5.11. The first kappa shape index (κ1) is 10.4. The number of pyridine rings is 1. The molecule has 14 heavy (non-hydrogen) atoms. The van der Waals surface area contributed by atoms with Crippen LogP contribution in [-0.2, 0) is 0 Å². The molecule has 2 heterocycles. The smallest absolute Gasteiger partial charge is 0.259 e. The van der Waals surface area contributed by atoms with Gasteiger partial charge in [0.05, 0.1) is 5.56 Å². The van der Waals surface area contributed by atoms with Gasteiger partial charge < -0.3 is 4.52 Å². The van der Waals surface area contributed by atoms with Crippen molar-refractivity contribution in [1.82, 2.24) is 15.1 Å². The summed E-state index contributed by atoms with van der Waals surface area (Å²) in [6.07, 6.45) is 3.39. The van der Waals surface area contributed by atoms with Crippen molar-refractivity contribution in [1.29, 1.82) is 0 Å². The first-order valence-electron chi connectivity index (χ1n) is 4.57. The minimum Gasteiger partial charge on any atom is -0.334 e. The molecule has 0 aliphatic carbocycles. The average Bonchev–Trinajstić information content (AvgIpc) is 2.69. The summed E-state index contributed by atoms with van der Waals surface area (Å²) in [4.78, 5) is 8.01. The minimum absolute atomic E-state index is 0.514. The molecule has 74 valence electrons. The van der Waals surface area contributed by atoms with Crippen LogP contribution in [0.2, 0.25) is 0 Å². The number of hydrogen-bond donors (Lipinski definition) is 0. The quantitative estimate of drug-likeness (QED) is 0.694. The van der Waals surface area contributed by atoms with E-state index >= 15 is 0 Å². The Morgan fingerprint density at radius 2 is 2.07 bits per heavy atom. The lowest BCUT2D eigenvalue weighted by Crippen LogP contribution is -1.78. The van der Waals surface area contributed by atoms with E-state index in [0.717, 1.165) is 5.56 Å². The lowest BCUT2D eigenvalue weighted by atomic mass is 10.3. The second-order valence-corrected chi connectivity index (χ2v) is 2.39. The molecule has 0 saturated carbocycles. The van der Waals surface area contributed by atoms with E-state index in [4.69, 9.17) is 4.52 Å². The summed E-state index contributed by atoms with van der Waals surface area (Å²) in [5, 5.41) is 3.68. The summed E-state index contributed by atoms with van der Waals surface area (Å²) in [6.45, 7) is 5.78. The maximum atomic E-state index is 4.95. The minimum atomic E-state index is 0.514. The van der Waals surface area contributed by atoms with Crippen molar-refractivity contribution in [2.75, 3.05) is 0 Å². The van der Waals surface area contributed by atoms with Gasteiger partial charge in [0, 0.05) is 12.4 Å². The van der Waals surface area contributed by atoms with Crippen LogP contribution in [0.1, 0.15) is 19.7 Å². The van der Waals surface area contributed by atoms with Crippen LogP contribution in [0.25, 0.3) is 11.5 Å². The third kappa shape index (κ3) is 2.39. The Bertz CT molecular complexity index is 370. The first-order valence-corrected chi connectivity index (χ1v) is 4.57. The van der Waals surface area contributed by atoms with Gasteiger partial charge in [0.1, 0.15) is 0 Å². The highest BCUT2D eigenvalue weighted by atomic mass is 16.5. The van der Waals surface area contributed by atoms with Crippen LogP contribution in [0, 0.1) is 6.92 Å². The summed E-state index contributed by atoms with van der Waals surface area (Å²) >= 11 is 0. The molecule has 0 N–H and O–H groups in total. The predicted octanol–water partition coefficient (Wildman–Crippen LogP) is 2.47. The zero-order chi connectivity index (χ0) is 10.4. The van der Waals surface area contributed by atoms with Crippen molar-refractivity contribution in [3.8, 4) is 11.5 Å². The molecule has 0 aliphatic heterocycles. The van der Waals surface area contributed by atoms with Gasteiger partial charge in [-0.05, 0) is 19.1 Å². The molecular formula is C10H13N3O. The van der Waals surface area contributed by atoms with Gasteiger partial charge in [0.25, 0.3) is 5.89 Å². The van der Waals surface area contributed by atoms with Gasteiger partial charge in [0.2, 0.25) is 0 Å². The Balaban J connectivity index is 0.000000461. The summed E-state index contributed by atoms with van der Waals surface area (Å²) < 4.78 is 4.95. The molecular weight excluding hydrogens is 178 g/mol. The van der Waals surface area contributed by atoms with Crippen LogP contribution in [0.4, 0.5) is 0 Å². The molecule has 2 aromatic heterocycles. The van der Waals surface area contributed by atoms with Crippen LogP contribution < -0.4 is 0 Å². The van der Waals surface area contributed by atoms with E-state index in [9.17, 15) is 0 Å². The fraction of sp³-hybridized carbons (Fsp3) is 0.300. The van der Waals surface area contributed by atoms with E-state index < -0.39 is 0 Å². The highest BCUT2D eigenvalue weighted by molar-refractivity contribution is 5.50. The van der Waals surface area contributed by atoms with E-state index in [0.29, 0.717) is 11.7 Å². The van der Waals surface area contributed by atoms with E-state index in [1.807, 2.05) is 26.0 Å². The molecule has 4 heteroatoms. The Kier molecular flexibility index (Phi) is 3.79. The van der Waals surface area contributed by atoms with Gasteiger partial charge >= 0.3 is 0 Å². The normalized spacial score (nSPS) is 9.07. The number of hydrogen-bond acceptors (Lipinski definition) is 4. The van der Waals surface area contributed by atoms with E-state index in [2.05, 4.69) is 15.1 Å². The van der Waals surface area contributed by atoms with Crippen molar-refractivity contribution in [3.63, 3.8) is 0 Å². The largest absolute Gasteiger partial charge is 0.334 e. The summed E-state index contributed by atoms with van der Waals surface area (Å²) in [6, 6.07) is 3.70. The number of rotatable bonds is 1. The molecule has 0 radical (unpaired) electrons. The predicted molar refractivity (Wildman–Crippen MR) is 53.6 cm³/mol. The van der Waals surface area contributed by atoms with E-state index in [1.165, 1.54) is 0 Å². The Morgan fingerprint density at radius 3 is 2.57 bits per heavy atom. The molecule has 0 amide bonds. The molecule has 0 atom stereocenters. The zero-order valence-corrected chi connectivity index (χ0v) is 8.56. The zero-order valence-electron chi connectivity index (χ0n) is 8.56. The number of nitrogens with zero attached hydrogens (tertiary/aromatic N) is 3. The molecule has 0 bridgehead atoms. The standard InChI is InChI=1S/C8H7N3O.C2H6/c1-6-10-8(12-11-6)7-3-2-4-9-5-7;1-2/h2-5H,1H3;1-2H3. The lowest BCUT2D eigenvalue weighted by molar-refractivity contribution is 0.425. The van der Waals surface area contributed by atoms with Crippen LogP contribution in [0.15, 0.2) is 29.0 Å². The molecule has 0 saturated heterocycles. The highest BCUT2D eigenvalue weighted by Crippen LogP contribution is 2.13. The first-order chi connectivity index (χ1) is 6.86. The fourth-order valence-corrected chi connectivity index (χ4v) is 0.904. The van der Waals surface area contributed by atoms with E-state index in [-0.39, 0.29) is 0 Å². The van der Waals surface area contributed by atoms with Crippen LogP contribution in [-0.4, -0.2) is 15.1 Å². The molecule has 2 rings (SSSR count). The third-order valence-corrected chi connectivity index (χ3v) is 1.44. The maximum absolute atomic E-state index is 4.95. The van der Waals surface area contributed by atoms with Crippen molar-refractivity contribution >= 4 is 0 Å². The maximum Gasteiger partial charge on any atom is 0.259 e. The Morgan fingerprint density at radius 1 is 1.29 bits per heavy atom. The molecule has 4 nitrogen and oxygen atoms in total. The fourth-order valence-electron chi connectivity index (χ4n) is 0.904.